The van der Waals surface area contributed by atoms with Gasteiger partial charge in [0.05, 0.1) is 23.6 Å². The van der Waals surface area contributed by atoms with Crippen LogP contribution < -0.4 is 5.32 Å². The van der Waals surface area contributed by atoms with Gasteiger partial charge in [0.25, 0.3) is 0 Å². The van der Waals surface area contributed by atoms with E-state index in [-0.39, 0.29) is 18.2 Å². The Morgan fingerprint density at radius 1 is 1.23 bits per heavy atom. The summed E-state index contributed by atoms with van der Waals surface area (Å²) in [5.41, 5.74) is 1.23. The zero-order valence-corrected chi connectivity index (χ0v) is 14.5. The normalized spacial score (nSPS) is 17.8. The molecule has 0 aromatic carbocycles. The first kappa shape index (κ1) is 18.2. The number of piperidine rings is 1. The van der Waals surface area contributed by atoms with Crippen LogP contribution in [0.15, 0.2) is 30.6 Å². The first-order valence-corrected chi connectivity index (χ1v) is 8.79. The van der Waals surface area contributed by atoms with Crippen molar-refractivity contribution in [3.63, 3.8) is 0 Å². The van der Waals surface area contributed by atoms with E-state index in [2.05, 4.69) is 25.2 Å². The third-order valence-electron chi connectivity index (χ3n) is 4.57. The minimum atomic E-state index is -0.999. The van der Waals surface area contributed by atoms with Crippen LogP contribution in [-0.2, 0) is 0 Å². The number of aliphatic hydroxyl groups is 1. The Hall–Kier alpha value is -2.58. The summed E-state index contributed by atoms with van der Waals surface area (Å²) in [7, 11) is 0. The molecular weight excluding hydrogens is 334 g/mol. The molecule has 0 bridgehead atoms. The maximum Gasteiger partial charge on any atom is 0.335 e. The van der Waals surface area contributed by atoms with Crippen LogP contribution in [0.25, 0.3) is 11.4 Å². The summed E-state index contributed by atoms with van der Waals surface area (Å²) in [6, 6.07) is 4.88. The molecule has 3 rings (SSSR count). The molecule has 2 aromatic heterocycles. The number of aromatic nitrogens is 3. The highest BCUT2D eigenvalue weighted by Gasteiger charge is 2.20. The number of carbonyl (C=O) groups is 1. The van der Waals surface area contributed by atoms with E-state index in [1.54, 1.807) is 12.3 Å². The summed E-state index contributed by atoms with van der Waals surface area (Å²) < 4.78 is 0. The Bertz CT molecular complexity index is 755. The molecule has 2 aromatic rings. The number of carboxylic acids is 1. The smallest absolute Gasteiger partial charge is 0.335 e. The van der Waals surface area contributed by atoms with Gasteiger partial charge in [0.15, 0.2) is 0 Å². The molecular formula is C18H23N5O3. The molecule has 138 valence electrons. The van der Waals surface area contributed by atoms with Crippen molar-refractivity contribution in [3.05, 3.63) is 36.2 Å². The molecule has 0 aliphatic carbocycles. The monoisotopic (exact) mass is 357 g/mol. The van der Waals surface area contributed by atoms with Gasteiger partial charge in [0, 0.05) is 31.5 Å². The predicted octanol–water partition coefficient (Wildman–Crippen LogP) is 1.50. The second-order valence-corrected chi connectivity index (χ2v) is 6.30. The van der Waals surface area contributed by atoms with Gasteiger partial charge in [-0.15, -0.1) is 0 Å². The van der Waals surface area contributed by atoms with Crippen molar-refractivity contribution in [2.75, 3.05) is 31.6 Å². The number of nitrogens with zero attached hydrogens (tertiary/aromatic N) is 4. The van der Waals surface area contributed by atoms with Crippen LogP contribution in [0.1, 0.15) is 29.6 Å². The molecule has 0 amide bonds. The van der Waals surface area contributed by atoms with Crippen LogP contribution in [0, 0.1) is 0 Å². The first-order chi connectivity index (χ1) is 12.7. The number of likely N-dealkylation sites (tertiary alicyclic amines) is 1. The lowest BCUT2D eigenvalue weighted by Crippen LogP contribution is -2.44. The van der Waals surface area contributed by atoms with Gasteiger partial charge in [-0.05, 0) is 37.6 Å². The molecule has 26 heavy (non-hydrogen) atoms. The number of aromatic carboxylic acids is 1. The summed E-state index contributed by atoms with van der Waals surface area (Å²) in [5, 5.41) is 21.8. The van der Waals surface area contributed by atoms with E-state index in [9.17, 15) is 9.90 Å². The van der Waals surface area contributed by atoms with Crippen molar-refractivity contribution in [3.8, 4) is 11.4 Å². The van der Waals surface area contributed by atoms with Crippen molar-refractivity contribution in [1.29, 1.82) is 0 Å². The van der Waals surface area contributed by atoms with Crippen molar-refractivity contribution < 1.29 is 15.0 Å². The van der Waals surface area contributed by atoms with Crippen molar-refractivity contribution in [1.82, 2.24) is 19.9 Å². The van der Waals surface area contributed by atoms with Gasteiger partial charge in [-0.3, -0.25) is 9.88 Å². The third kappa shape index (κ3) is 4.53. The first-order valence-electron chi connectivity index (χ1n) is 8.79. The molecule has 1 atom stereocenters. The van der Waals surface area contributed by atoms with Gasteiger partial charge >= 0.3 is 5.97 Å². The van der Waals surface area contributed by atoms with Gasteiger partial charge < -0.3 is 15.5 Å². The number of nitrogens with one attached hydrogen (secondary N) is 1. The minimum Gasteiger partial charge on any atom is -0.478 e. The molecule has 0 radical (unpaired) electrons. The lowest BCUT2D eigenvalue weighted by molar-refractivity contribution is 0.0697. The van der Waals surface area contributed by atoms with E-state index in [0.29, 0.717) is 23.9 Å². The molecule has 0 spiro atoms. The van der Waals surface area contributed by atoms with Crippen LogP contribution in [0.5, 0.6) is 0 Å². The molecule has 1 fully saturated rings. The van der Waals surface area contributed by atoms with Crippen LogP contribution in [0.4, 0.5) is 5.95 Å². The maximum absolute atomic E-state index is 11.1. The fourth-order valence-corrected chi connectivity index (χ4v) is 3.16. The molecule has 1 aliphatic heterocycles. The topological polar surface area (TPSA) is 111 Å². The van der Waals surface area contributed by atoms with Crippen molar-refractivity contribution >= 4 is 11.9 Å². The quantitative estimate of drug-likeness (QED) is 0.683. The summed E-state index contributed by atoms with van der Waals surface area (Å²) in [6.45, 7) is 2.67. The summed E-state index contributed by atoms with van der Waals surface area (Å²) in [5.74, 6) is -0.524. The van der Waals surface area contributed by atoms with Gasteiger partial charge in [0.1, 0.15) is 0 Å². The number of rotatable bonds is 7. The van der Waals surface area contributed by atoms with E-state index >= 15 is 0 Å². The second kappa shape index (κ2) is 8.68. The van der Waals surface area contributed by atoms with Gasteiger partial charge in [-0.1, -0.05) is 6.42 Å². The number of pyridine rings is 1. The van der Waals surface area contributed by atoms with Gasteiger partial charge in [0.2, 0.25) is 5.95 Å². The van der Waals surface area contributed by atoms with Gasteiger partial charge in [-0.2, -0.15) is 0 Å². The van der Waals surface area contributed by atoms with Crippen LogP contribution in [-0.4, -0.2) is 68.3 Å². The predicted molar refractivity (Wildman–Crippen MR) is 97.0 cm³/mol. The van der Waals surface area contributed by atoms with E-state index in [1.807, 2.05) is 0 Å². The van der Waals surface area contributed by atoms with Crippen LogP contribution >= 0.6 is 0 Å². The highest BCUT2D eigenvalue weighted by Crippen LogP contribution is 2.17. The maximum atomic E-state index is 11.1. The summed E-state index contributed by atoms with van der Waals surface area (Å²) >= 11 is 0. The third-order valence-corrected chi connectivity index (χ3v) is 4.57. The average molecular weight is 357 g/mol. The number of hydrogen-bond donors (Lipinski definition) is 3. The fraction of sp³-hybridized carbons (Fsp3) is 0.444. The number of anilines is 1. The highest BCUT2D eigenvalue weighted by atomic mass is 16.4. The molecule has 0 saturated carbocycles. The molecule has 3 heterocycles. The molecule has 3 N–H and O–H groups in total. The molecule has 8 nitrogen and oxygen atoms in total. The molecule has 8 heteroatoms. The Morgan fingerprint density at radius 2 is 2.08 bits per heavy atom. The Balaban J connectivity index is 1.62. The largest absolute Gasteiger partial charge is 0.478 e. The summed E-state index contributed by atoms with van der Waals surface area (Å²) in [6.07, 6.45) is 6.45. The lowest BCUT2D eigenvalue weighted by Gasteiger charge is -2.34. The van der Waals surface area contributed by atoms with Crippen molar-refractivity contribution in [2.24, 2.45) is 0 Å². The second-order valence-electron chi connectivity index (χ2n) is 6.30. The lowest BCUT2D eigenvalue weighted by atomic mass is 10.0. The van der Waals surface area contributed by atoms with E-state index in [4.69, 9.17) is 5.11 Å². The Kier molecular flexibility index (Phi) is 6.08. The van der Waals surface area contributed by atoms with Gasteiger partial charge in [-0.25, -0.2) is 14.8 Å². The van der Waals surface area contributed by atoms with E-state index in [0.717, 1.165) is 25.9 Å². The number of aliphatic hydroxyl groups excluding tert-OH is 1. The van der Waals surface area contributed by atoms with E-state index in [1.165, 1.54) is 24.8 Å². The molecule has 0 unspecified atom stereocenters. The number of hydrogen-bond acceptors (Lipinski definition) is 7. The number of carboxylic acid groups (broad SMARTS) is 1. The highest BCUT2D eigenvalue weighted by molar-refractivity contribution is 5.88. The zero-order valence-electron chi connectivity index (χ0n) is 14.5. The molecule has 1 saturated heterocycles. The minimum absolute atomic E-state index is 0.170. The van der Waals surface area contributed by atoms with E-state index < -0.39 is 5.97 Å². The Morgan fingerprint density at radius 3 is 2.88 bits per heavy atom. The average Bonchev–Trinajstić information content (AvgIpc) is 2.68. The Labute approximate surface area is 151 Å². The van der Waals surface area contributed by atoms with Crippen LogP contribution in [0.3, 0.4) is 0 Å². The van der Waals surface area contributed by atoms with Crippen molar-refractivity contribution in [2.45, 2.75) is 25.3 Å². The fourth-order valence-electron chi connectivity index (χ4n) is 3.16. The zero-order chi connectivity index (χ0) is 18.4. The summed E-state index contributed by atoms with van der Waals surface area (Å²) in [4.78, 5) is 26.2. The molecule has 1 aliphatic rings. The standard InChI is InChI=1S/C18H23N5O3/c24-12-14-3-1-2-9-23(14)10-8-21-18-20-7-5-15(22-18)16-11-13(17(25)26)4-6-19-16/h4-7,11,14,24H,1-3,8-10,12H2,(H,25,26)(H,20,21,22)/t14-/m0/s1. The SMILES string of the molecule is O=C(O)c1ccnc(-c2ccnc(NCCN3CCCC[C@H]3CO)n2)c1. The van der Waals surface area contributed by atoms with Crippen LogP contribution in [0.2, 0.25) is 0 Å².